The van der Waals surface area contributed by atoms with Crippen LogP contribution in [-0.2, 0) is 23.6 Å². The van der Waals surface area contributed by atoms with Crippen molar-refractivity contribution in [3.63, 3.8) is 0 Å². The average Bonchev–Trinajstić information content (AvgIpc) is 3.32. The van der Waals surface area contributed by atoms with E-state index in [0.29, 0.717) is 36.4 Å². The van der Waals surface area contributed by atoms with E-state index in [0.717, 1.165) is 6.92 Å². The van der Waals surface area contributed by atoms with Gasteiger partial charge in [0.2, 0.25) is 5.28 Å². The fourth-order valence-electron chi connectivity index (χ4n) is 3.19. The van der Waals surface area contributed by atoms with E-state index in [2.05, 4.69) is 20.3 Å². The monoisotopic (exact) mass is 477 g/mol. The van der Waals surface area contributed by atoms with Crippen molar-refractivity contribution in [2.45, 2.75) is 51.3 Å². The molecule has 3 rings (SSSR count). The van der Waals surface area contributed by atoms with Crippen molar-refractivity contribution >= 4 is 42.1 Å². The molecule has 2 aromatic rings. The highest BCUT2D eigenvalue weighted by molar-refractivity contribution is 7.54. The molecular formula is C17H25ClN5O7P. The van der Waals surface area contributed by atoms with Crippen molar-refractivity contribution in [3.8, 4) is 0 Å². The van der Waals surface area contributed by atoms with Crippen LogP contribution in [-0.4, -0.2) is 66.5 Å². The first-order valence-corrected chi connectivity index (χ1v) is 11.8. The predicted octanol–water partition coefficient (Wildman–Crippen LogP) is 2.06. The molecule has 1 saturated heterocycles. The molecule has 12 nitrogen and oxygen atoms in total. The summed E-state index contributed by atoms with van der Waals surface area (Å²) < 4.78 is 29.7. The molecule has 0 aromatic carbocycles. The minimum Gasteiger partial charge on any atom is -0.463 e. The van der Waals surface area contributed by atoms with E-state index < -0.39 is 31.2 Å². The maximum absolute atomic E-state index is 12.1. The number of esters is 1. The lowest BCUT2D eigenvalue weighted by molar-refractivity contribution is -0.165. The lowest BCUT2D eigenvalue weighted by atomic mass is 10.2. The zero-order valence-corrected chi connectivity index (χ0v) is 19.0. The molecule has 3 atom stereocenters. The van der Waals surface area contributed by atoms with Crippen LogP contribution in [0.1, 0.15) is 39.8 Å². The SMILES string of the molecule is CCNc1nc(Cl)nc2c1ncn2C1CC[C@@H](CO[C@](C)(C(=O)OCC)P(=O)(O)O)O1. The Bertz CT molecular complexity index is 999. The van der Waals surface area contributed by atoms with Gasteiger partial charge in [0, 0.05) is 6.54 Å². The minimum absolute atomic E-state index is 0.0349. The second-order valence-electron chi connectivity index (χ2n) is 7.04. The molecule has 0 spiro atoms. The number of carbonyl (C=O) groups is 1. The number of hydrogen-bond acceptors (Lipinski definition) is 9. The number of carbonyl (C=O) groups excluding carboxylic acids is 1. The second-order valence-corrected chi connectivity index (χ2v) is 9.32. The first-order chi connectivity index (χ1) is 14.6. The van der Waals surface area contributed by atoms with Gasteiger partial charge in [-0.1, -0.05) is 0 Å². The van der Waals surface area contributed by atoms with Crippen LogP contribution >= 0.6 is 19.2 Å². The summed E-state index contributed by atoms with van der Waals surface area (Å²) in [6.45, 7) is 4.87. The fraction of sp³-hybridized carbons (Fsp3) is 0.647. The highest BCUT2D eigenvalue weighted by atomic mass is 35.5. The highest BCUT2D eigenvalue weighted by Gasteiger charge is 2.53. The van der Waals surface area contributed by atoms with E-state index in [1.54, 1.807) is 10.9 Å². The summed E-state index contributed by atoms with van der Waals surface area (Å²) in [7, 11) is -4.95. The molecule has 172 valence electrons. The molecule has 0 bridgehead atoms. The van der Waals surface area contributed by atoms with Crippen LogP contribution in [0, 0.1) is 0 Å². The lowest BCUT2D eigenvalue weighted by Gasteiger charge is -2.29. The molecule has 0 aliphatic carbocycles. The standard InChI is InChI=1S/C17H25ClN5O7P/c1-4-19-13-12-14(22-16(18)21-13)23(9-20-12)11-7-6-10(30-11)8-29-17(3,31(25,26)27)15(24)28-5-2/h9-11H,4-8H2,1-3H3,(H,19,21,22)(H2,25,26,27)/t10-,11?,17-/m0/s1. The molecular weight excluding hydrogens is 453 g/mol. The van der Waals surface area contributed by atoms with Gasteiger partial charge in [-0.15, -0.1) is 0 Å². The average molecular weight is 478 g/mol. The topological polar surface area (TPSA) is 158 Å². The molecule has 1 aliphatic rings. The molecule has 1 unspecified atom stereocenters. The summed E-state index contributed by atoms with van der Waals surface area (Å²) in [5, 5.41) is 0.742. The third-order valence-electron chi connectivity index (χ3n) is 4.89. The minimum atomic E-state index is -4.95. The van der Waals surface area contributed by atoms with Gasteiger partial charge >= 0.3 is 13.6 Å². The van der Waals surface area contributed by atoms with Crippen molar-refractivity contribution in [3.05, 3.63) is 11.6 Å². The number of rotatable bonds is 9. The highest BCUT2D eigenvalue weighted by Crippen LogP contribution is 2.52. The van der Waals surface area contributed by atoms with Crippen LogP contribution in [0.3, 0.4) is 0 Å². The van der Waals surface area contributed by atoms with Crippen molar-refractivity contribution in [1.82, 2.24) is 19.5 Å². The van der Waals surface area contributed by atoms with Gasteiger partial charge in [-0.25, -0.2) is 9.78 Å². The normalized spacial score (nSPS) is 21.2. The Labute approximate surface area is 183 Å². The Morgan fingerprint density at radius 2 is 2.16 bits per heavy atom. The van der Waals surface area contributed by atoms with Crippen LogP contribution in [0.2, 0.25) is 5.28 Å². The maximum Gasteiger partial charge on any atom is 0.368 e. The largest absolute Gasteiger partial charge is 0.463 e. The van der Waals surface area contributed by atoms with Gasteiger partial charge in [0.1, 0.15) is 6.23 Å². The second kappa shape index (κ2) is 9.35. The summed E-state index contributed by atoms with van der Waals surface area (Å²) in [6.07, 6.45) is 1.73. The number of imidazole rings is 1. The number of aromatic nitrogens is 4. The summed E-state index contributed by atoms with van der Waals surface area (Å²) in [5.74, 6) is -0.609. The number of fused-ring (bicyclic) bond motifs is 1. The zero-order chi connectivity index (χ0) is 22.8. The summed E-state index contributed by atoms with van der Waals surface area (Å²) in [4.78, 5) is 44.1. The van der Waals surface area contributed by atoms with E-state index in [1.807, 2.05) is 6.92 Å². The van der Waals surface area contributed by atoms with Gasteiger partial charge in [0.15, 0.2) is 17.0 Å². The Morgan fingerprint density at radius 3 is 2.81 bits per heavy atom. The Kier molecular flexibility index (Phi) is 7.19. The van der Waals surface area contributed by atoms with Gasteiger partial charge in [-0.2, -0.15) is 9.97 Å². The molecule has 0 amide bonds. The van der Waals surface area contributed by atoms with E-state index in [4.69, 9.17) is 25.8 Å². The van der Waals surface area contributed by atoms with Gasteiger partial charge < -0.3 is 29.3 Å². The first-order valence-electron chi connectivity index (χ1n) is 9.77. The maximum atomic E-state index is 12.1. The molecule has 0 saturated carbocycles. The predicted molar refractivity (Wildman–Crippen MR) is 111 cm³/mol. The Morgan fingerprint density at radius 1 is 1.42 bits per heavy atom. The summed E-state index contributed by atoms with van der Waals surface area (Å²) >= 11 is 6.04. The lowest BCUT2D eigenvalue weighted by Crippen LogP contribution is -2.41. The van der Waals surface area contributed by atoms with Crippen molar-refractivity contribution < 1.29 is 33.4 Å². The number of hydrogen-bond donors (Lipinski definition) is 3. The number of halogens is 1. The third kappa shape index (κ3) is 4.84. The molecule has 1 aliphatic heterocycles. The third-order valence-corrected chi connectivity index (χ3v) is 6.49. The smallest absolute Gasteiger partial charge is 0.368 e. The van der Waals surface area contributed by atoms with Crippen LogP contribution in [0.15, 0.2) is 6.33 Å². The first kappa shape index (κ1) is 23.8. The molecule has 2 aromatic heterocycles. The molecule has 31 heavy (non-hydrogen) atoms. The van der Waals surface area contributed by atoms with Crippen molar-refractivity contribution in [1.29, 1.82) is 0 Å². The van der Waals surface area contributed by atoms with E-state index in [1.165, 1.54) is 6.92 Å². The van der Waals surface area contributed by atoms with Gasteiger partial charge in [0.05, 0.1) is 25.6 Å². The zero-order valence-electron chi connectivity index (χ0n) is 17.3. The van der Waals surface area contributed by atoms with Crippen molar-refractivity contribution in [2.24, 2.45) is 0 Å². The van der Waals surface area contributed by atoms with Crippen LogP contribution < -0.4 is 5.32 Å². The van der Waals surface area contributed by atoms with Crippen LogP contribution in [0.4, 0.5) is 5.82 Å². The number of nitrogens with one attached hydrogen (secondary N) is 1. The van der Waals surface area contributed by atoms with E-state index >= 15 is 0 Å². The Hall–Kier alpha value is -1.82. The summed E-state index contributed by atoms with van der Waals surface area (Å²) in [5.41, 5.74) is 1.04. The number of anilines is 1. The van der Waals surface area contributed by atoms with Gasteiger partial charge in [0.25, 0.3) is 5.34 Å². The van der Waals surface area contributed by atoms with Gasteiger partial charge in [-0.3, -0.25) is 9.13 Å². The fourth-order valence-corrected chi connectivity index (χ4v) is 3.90. The molecule has 3 N–H and O–H groups in total. The quantitative estimate of drug-likeness (QED) is 0.275. The molecule has 1 fully saturated rings. The number of nitrogens with zero attached hydrogens (tertiary/aromatic N) is 4. The van der Waals surface area contributed by atoms with Crippen LogP contribution in [0.5, 0.6) is 0 Å². The summed E-state index contributed by atoms with van der Waals surface area (Å²) in [6, 6.07) is 0. The van der Waals surface area contributed by atoms with Gasteiger partial charge in [-0.05, 0) is 45.2 Å². The Balaban J connectivity index is 1.73. The molecule has 3 heterocycles. The molecule has 14 heteroatoms. The molecule has 0 radical (unpaired) electrons. The van der Waals surface area contributed by atoms with Crippen LogP contribution in [0.25, 0.3) is 11.2 Å². The number of ether oxygens (including phenoxy) is 3. The van der Waals surface area contributed by atoms with E-state index in [-0.39, 0.29) is 18.5 Å². The van der Waals surface area contributed by atoms with Crippen molar-refractivity contribution in [2.75, 3.05) is 25.1 Å². The van der Waals surface area contributed by atoms with E-state index in [9.17, 15) is 19.1 Å².